The molecule has 1 aromatic carbocycles. The van der Waals surface area contributed by atoms with Gasteiger partial charge in [0.1, 0.15) is 6.04 Å². The van der Waals surface area contributed by atoms with Gasteiger partial charge in [-0.05, 0) is 38.4 Å². The number of ether oxygens (including phenoxy) is 1. The summed E-state index contributed by atoms with van der Waals surface area (Å²) in [7, 11) is 1.63. The molecular weight excluding hydrogens is 368 g/mol. The van der Waals surface area contributed by atoms with Crippen LogP contribution in [0.5, 0.6) is 0 Å². The number of carbonyl (C=O) groups excluding carboxylic acids is 1. The highest BCUT2D eigenvalue weighted by atomic mass is 35.5. The predicted molar refractivity (Wildman–Crippen MR) is 104 cm³/mol. The molecule has 0 radical (unpaired) electrons. The fourth-order valence-corrected chi connectivity index (χ4v) is 3.32. The van der Waals surface area contributed by atoms with Gasteiger partial charge >= 0.3 is 0 Å². The van der Waals surface area contributed by atoms with E-state index in [2.05, 4.69) is 20.8 Å². The second-order valence-electron chi connectivity index (χ2n) is 6.87. The van der Waals surface area contributed by atoms with Gasteiger partial charge in [-0.25, -0.2) is 0 Å². The van der Waals surface area contributed by atoms with Gasteiger partial charge in [0, 0.05) is 13.5 Å². The predicted octanol–water partition coefficient (Wildman–Crippen LogP) is 2.28. The number of aromatic nitrogens is 2. The molecule has 7 nitrogen and oxygen atoms in total. The monoisotopic (exact) mass is 394 g/mol. The lowest BCUT2D eigenvalue weighted by Gasteiger charge is -2.36. The summed E-state index contributed by atoms with van der Waals surface area (Å²) in [5, 5.41) is 10.3. The fourth-order valence-electron chi connectivity index (χ4n) is 3.32. The molecule has 2 heterocycles. The van der Waals surface area contributed by atoms with Crippen molar-refractivity contribution in [2.24, 2.45) is 5.41 Å². The van der Waals surface area contributed by atoms with E-state index in [1.165, 1.54) is 0 Å². The molecule has 0 spiro atoms. The summed E-state index contributed by atoms with van der Waals surface area (Å²) < 4.78 is 10.7. The molecule has 3 rings (SSSR count). The summed E-state index contributed by atoms with van der Waals surface area (Å²) >= 11 is 0. The Morgan fingerprint density at radius 2 is 2.04 bits per heavy atom. The van der Waals surface area contributed by atoms with Gasteiger partial charge in [0.2, 0.25) is 11.8 Å². The first-order valence-electron chi connectivity index (χ1n) is 9.00. The lowest BCUT2D eigenvalue weighted by Crippen LogP contribution is -2.50. The van der Waals surface area contributed by atoms with Crippen molar-refractivity contribution in [2.75, 3.05) is 26.8 Å². The van der Waals surface area contributed by atoms with Crippen molar-refractivity contribution in [1.82, 2.24) is 20.8 Å². The lowest BCUT2D eigenvalue weighted by atomic mass is 9.78. The van der Waals surface area contributed by atoms with Crippen LogP contribution in [-0.4, -0.2) is 42.9 Å². The molecule has 1 saturated heterocycles. The Kier molecular flexibility index (Phi) is 7.77. The number of hydrogen-bond donors (Lipinski definition) is 2. The molecule has 0 aliphatic carbocycles. The maximum Gasteiger partial charge on any atom is 0.248 e. The van der Waals surface area contributed by atoms with Gasteiger partial charge in [0.15, 0.2) is 5.82 Å². The van der Waals surface area contributed by atoms with Crippen LogP contribution in [0.25, 0.3) is 0 Å². The first-order valence-corrected chi connectivity index (χ1v) is 9.00. The van der Waals surface area contributed by atoms with Crippen LogP contribution in [0.1, 0.15) is 43.1 Å². The molecule has 1 aromatic heterocycles. The molecule has 1 unspecified atom stereocenters. The average molecular weight is 395 g/mol. The third-order valence-electron chi connectivity index (χ3n) is 4.87. The van der Waals surface area contributed by atoms with E-state index in [0.717, 1.165) is 31.5 Å². The number of nitrogens with one attached hydrogen (secondary N) is 2. The average Bonchev–Trinajstić information content (AvgIpc) is 3.12. The molecular formula is C19H27ClN4O3. The maximum absolute atomic E-state index is 12.9. The Hall–Kier alpha value is -1.96. The molecule has 1 aliphatic rings. The molecule has 1 amide bonds. The molecule has 8 heteroatoms. The van der Waals surface area contributed by atoms with Crippen LogP contribution in [0.2, 0.25) is 0 Å². The van der Waals surface area contributed by atoms with Crippen LogP contribution in [0.4, 0.5) is 0 Å². The minimum atomic E-state index is -0.499. The zero-order valence-electron chi connectivity index (χ0n) is 15.7. The standard InChI is InChI=1S/C19H26N4O3.ClH/c1-14(21-18(24)19(13-25-2)8-10-20-11-9-19)17-22-16(23-26-17)12-15-6-4-3-5-7-15;/h3-7,14,20H,8-13H2,1-2H3,(H,21,24);1H. The van der Waals surface area contributed by atoms with Crippen LogP contribution in [0.3, 0.4) is 0 Å². The largest absolute Gasteiger partial charge is 0.384 e. The van der Waals surface area contributed by atoms with Crippen LogP contribution < -0.4 is 10.6 Å². The van der Waals surface area contributed by atoms with E-state index in [1.54, 1.807) is 7.11 Å². The van der Waals surface area contributed by atoms with Crippen molar-refractivity contribution >= 4 is 18.3 Å². The van der Waals surface area contributed by atoms with Crippen LogP contribution in [0, 0.1) is 5.41 Å². The second kappa shape index (κ2) is 9.82. The molecule has 0 bridgehead atoms. The number of hydrogen-bond acceptors (Lipinski definition) is 6. The van der Waals surface area contributed by atoms with E-state index < -0.39 is 5.41 Å². The summed E-state index contributed by atoms with van der Waals surface area (Å²) in [4.78, 5) is 17.3. The zero-order chi connectivity index (χ0) is 18.4. The molecule has 1 atom stereocenters. The number of methoxy groups -OCH3 is 1. The second-order valence-corrected chi connectivity index (χ2v) is 6.87. The lowest BCUT2D eigenvalue weighted by molar-refractivity contribution is -0.137. The van der Waals surface area contributed by atoms with Crippen LogP contribution >= 0.6 is 12.4 Å². The SMILES string of the molecule is COCC1(C(=O)NC(C)c2nc(Cc3ccccc3)no2)CCNCC1.Cl. The van der Waals surface area contributed by atoms with Gasteiger partial charge in [0.05, 0.1) is 12.0 Å². The topological polar surface area (TPSA) is 89.3 Å². The van der Waals surface area contributed by atoms with Crippen molar-refractivity contribution in [3.63, 3.8) is 0 Å². The summed E-state index contributed by atoms with van der Waals surface area (Å²) in [6.45, 7) is 3.90. The van der Waals surface area contributed by atoms with Crippen molar-refractivity contribution < 1.29 is 14.1 Å². The Balaban J connectivity index is 0.00000261. The number of nitrogens with zero attached hydrogens (tertiary/aromatic N) is 2. The van der Waals surface area contributed by atoms with Gasteiger partial charge in [-0.3, -0.25) is 4.79 Å². The zero-order valence-corrected chi connectivity index (χ0v) is 16.6. The van der Waals surface area contributed by atoms with E-state index in [0.29, 0.717) is 24.7 Å². The summed E-state index contributed by atoms with van der Waals surface area (Å²) in [6.07, 6.45) is 2.11. The minimum absolute atomic E-state index is 0. The summed E-state index contributed by atoms with van der Waals surface area (Å²) in [6, 6.07) is 9.63. The number of rotatable bonds is 7. The third-order valence-corrected chi connectivity index (χ3v) is 4.87. The first kappa shape index (κ1) is 21.3. The van der Waals surface area contributed by atoms with E-state index in [1.807, 2.05) is 37.3 Å². The number of carbonyl (C=O) groups is 1. The van der Waals surface area contributed by atoms with Crippen molar-refractivity contribution in [1.29, 1.82) is 0 Å². The van der Waals surface area contributed by atoms with Crippen molar-refractivity contribution in [3.05, 3.63) is 47.6 Å². The third kappa shape index (κ3) is 5.28. The molecule has 2 aromatic rings. The van der Waals surface area contributed by atoms with E-state index in [-0.39, 0.29) is 24.4 Å². The number of halogens is 1. The molecule has 148 valence electrons. The Labute approximate surface area is 165 Å². The first-order chi connectivity index (χ1) is 12.6. The highest BCUT2D eigenvalue weighted by molar-refractivity contribution is 5.85. The normalized spacial score (nSPS) is 17.0. The van der Waals surface area contributed by atoms with E-state index in [4.69, 9.17) is 9.26 Å². The molecule has 1 fully saturated rings. The van der Waals surface area contributed by atoms with Gasteiger partial charge in [-0.1, -0.05) is 35.5 Å². The molecule has 1 aliphatic heterocycles. The Morgan fingerprint density at radius 1 is 1.33 bits per heavy atom. The van der Waals surface area contributed by atoms with Gasteiger partial charge in [-0.15, -0.1) is 12.4 Å². The number of piperidine rings is 1. The van der Waals surface area contributed by atoms with Gasteiger partial charge in [0.25, 0.3) is 0 Å². The maximum atomic E-state index is 12.9. The van der Waals surface area contributed by atoms with Gasteiger partial charge in [-0.2, -0.15) is 4.98 Å². The number of amides is 1. The van der Waals surface area contributed by atoms with Crippen LogP contribution in [0.15, 0.2) is 34.9 Å². The molecule has 0 saturated carbocycles. The quantitative estimate of drug-likeness (QED) is 0.748. The van der Waals surface area contributed by atoms with E-state index in [9.17, 15) is 4.79 Å². The van der Waals surface area contributed by atoms with Crippen LogP contribution in [-0.2, 0) is 16.0 Å². The molecule has 2 N–H and O–H groups in total. The Bertz CT molecular complexity index is 711. The fraction of sp³-hybridized carbons (Fsp3) is 0.526. The van der Waals surface area contributed by atoms with Crippen molar-refractivity contribution in [3.8, 4) is 0 Å². The summed E-state index contributed by atoms with van der Waals surface area (Å²) in [5.41, 5.74) is 0.617. The highest BCUT2D eigenvalue weighted by Gasteiger charge is 2.40. The smallest absolute Gasteiger partial charge is 0.248 e. The van der Waals surface area contributed by atoms with E-state index >= 15 is 0 Å². The number of benzene rings is 1. The summed E-state index contributed by atoms with van der Waals surface area (Å²) in [5.74, 6) is 1.02. The van der Waals surface area contributed by atoms with Gasteiger partial charge < -0.3 is 19.9 Å². The van der Waals surface area contributed by atoms with Crippen molar-refractivity contribution in [2.45, 2.75) is 32.2 Å². The highest BCUT2D eigenvalue weighted by Crippen LogP contribution is 2.30. The molecule has 27 heavy (non-hydrogen) atoms. The minimum Gasteiger partial charge on any atom is -0.384 e. The Morgan fingerprint density at radius 3 is 2.70 bits per heavy atom.